The molecule has 0 amide bonds. The average molecular weight is 430 g/mol. The fourth-order valence-electron chi connectivity index (χ4n) is 3.69. The first-order valence-corrected chi connectivity index (χ1v) is 9.69. The normalized spacial score (nSPS) is 18.9. The van der Waals surface area contributed by atoms with Crippen LogP contribution in [0.3, 0.4) is 0 Å². The van der Waals surface area contributed by atoms with Crippen molar-refractivity contribution in [2.45, 2.75) is 12.0 Å². The van der Waals surface area contributed by atoms with Crippen LogP contribution in [0, 0.1) is 20.2 Å². The molecule has 2 N–H and O–H groups in total. The van der Waals surface area contributed by atoms with Gasteiger partial charge in [-0.2, -0.15) is 5.10 Å². The fourth-order valence-corrected chi connectivity index (χ4v) is 3.69. The zero-order chi connectivity index (χ0) is 22.7. The lowest BCUT2D eigenvalue weighted by molar-refractivity contribution is -0.393. The quantitative estimate of drug-likeness (QED) is 0.432. The molecule has 1 aliphatic carbocycles. The van der Waals surface area contributed by atoms with Crippen molar-refractivity contribution in [3.63, 3.8) is 0 Å². The monoisotopic (exact) mass is 430 g/mol. The van der Waals surface area contributed by atoms with Crippen molar-refractivity contribution in [3.05, 3.63) is 116 Å². The first-order valence-electron chi connectivity index (χ1n) is 9.69. The van der Waals surface area contributed by atoms with Crippen LogP contribution in [0.15, 0.2) is 90.0 Å². The Bertz CT molecular complexity index is 1240. The van der Waals surface area contributed by atoms with E-state index in [9.17, 15) is 25.3 Å². The minimum absolute atomic E-state index is 0.0120. The van der Waals surface area contributed by atoms with Gasteiger partial charge in [-0.15, -0.1) is 0 Å². The van der Waals surface area contributed by atoms with E-state index in [-0.39, 0.29) is 17.8 Å². The number of rotatable bonds is 6. The average Bonchev–Trinajstić information content (AvgIpc) is 3.16. The number of aliphatic hydroxyl groups is 1. The maximum absolute atomic E-state index is 11.6. The van der Waals surface area contributed by atoms with Gasteiger partial charge in [-0.1, -0.05) is 60.7 Å². The highest BCUT2D eigenvalue weighted by Crippen LogP contribution is 2.44. The van der Waals surface area contributed by atoms with Gasteiger partial charge in [0.1, 0.15) is 11.3 Å². The van der Waals surface area contributed by atoms with Crippen LogP contribution in [0.25, 0.3) is 5.57 Å². The lowest BCUT2D eigenvalue weighted by Gasteiger charge is -2.27. The molecule has 0 aliphatic heterocycles. The van der Waals surface area contributed by atoms with Gasteiger partial charge in [0.2, 0.25) is 0 Å². The number of allylic oxidation sites excluding steroid dienone is 1. The number of hydrogen-bond acceptors (Lipinski definition) is 7. The third kappa shape index (κ3) is 3.96. The van der Waals surface area contributed by atoms with Gasteiger partial charge in [-0.3, -0.25) is 25.7 Å². The van der Waals surface area contributed by atoms with E-state index in [1.54, 1.807) is 6.08 Å². The highest BCUT2D eigenvalue weighted by atomic mass is 16.6. The van der Waals surface area contributed by atoms with Gasteiger partial charge in [0.15, 0.2) is 0 Å². The molecule has 0 spiro atoms. The number of nitrogens with one attached hydrogen (secondary N) is 1. The van der Waals surface area contributed by atoms with Crippen LogP contribution in [-0.4, -0.2) is 20.7 Å². The van der Waals surface area contributed by atoms with Crippen LogP contribution in [0.5, 0.6) is 0 Å². The molecule has 1 aliphatic rings. The molecule has 3 aromatic carbocycles. The molecular weight excluding hydrogens is 412 g/mol. The van der Waals surface area contributed by atoms with E-state index in [2.05, 4.69) is 10.5 Å². The standard InChI is InChI=1S/C23H18N4O5/c28-23(17-9-5-2-6-10-17)15-18(13-20(23)16-7-3-1-4-8-16)24-25-21-12-11-19(26(29)30)14-22(21)27(31)32/h1-14,25,28H,15H2/b24-18+. The van der Waals surface area contributed by atoms with E-state index in [0.29, 0.717) is 16.8 Å². The predicted octanol–water partition coefficient (Wildman–Crippen LogP) is 4.65. The molecule has 9 heteroatoms. The van der Waals surface area contributed by atoms with Crippen molar-refractivity contribution >= 4 is 28.3 Å². The number of hydrazone groups is 1. The molecule has 0 aromatic heterocycles. The molecule has 0 saturated heterocycles. The van der Waals surface area contributed by atoms with Crippen LogP contribution in [-0.2, 0) is 5.60 Å². The van der Waals surface area contributed by atoms with Gasteiger partial charge in [0.25, 0.3) is 5.69 Å². The molecule has 1 atom stereocenters. The second kappa shape index (κ2) is 8.40. The molecule has 0 heterocycles. The summed E-state index contributed by atoms with van der Waals surface area (Å²) in [7, 11) is 0. The molecule has 0 bridgehead atoms. The van der Waals surface area contributed by atoms with Gasteiger partial charge >= 0.3 is 5.69 Å². The molecule has 0 fully saturated rings. The minimum Gasteiger partial charge on any atom is -0.380 e. The second-order valence-electron chi connectivity index (χ2n) is 7.26. The van der Waals surface area contributed by atoms with Crippen LogP contribution >= 0.6 is 0 Å². The summed E-state index contributed by atoms with van der Waals surface area (Å²) in [5.74, 6) is 0. The number of nitrogens with zero attached hydrogens (tertiary/aromatic N) is 3. The lowest BCUT2D eigenvalue weighted by atomic mass is 9.84. The summed E-state index contributed by atoms with van der Waals surface area (Å²) >= 11 is 0. The molecule has 3 aromatic rings. The van der Waals surface area contributed by atoms with Crippen LogP contribution in [0.1, 0.15) is 17.5 Å². The summed E-state index contributed by atoms with van der Waals surface area (Å²) in [5.41, 5.74) is 3.11. The molecule has 9 nitrogen and oxygen atoms in total. The van der Waals surface area contributed by atoms with Crippen molar-refractivity contribution < 1.29 is 15.0 Å². The zero-order valence-electron chi connectivity index (χ0n) is 16.7. The van der Waals surface area contributed by atoms with E-state index >= 15 is 0 Å². The highest BCUT2D eigenvalue weighted by molar-refractivity contribution is 6.08. The molecular formula is C23H18N4O5. The minimum atomic E-state index is -1.33. The third-order valence-corrected chi connectivity index (χ3v) is 5.24. The maximum Gasteiger partial charge on any atom is 0.301 e. The molecule has 0 saturated carbocycles. The zero-order valence-corrected chi connectivity index (χ0v) is 16.7. The largest absolute Gasteiger partial charge is 0.380 e. The summed E-state index contributed by atoms with van der Waals surface area (Å²) in [4.78, 5) is 20.9. The fraction of sp³-hybridized carbons (Fsp3) is 0.0870. The SMILES string of the molecule is O=[N+]([O-])c1ccc(N/N=C2\C=C(c3ccccc3)C(O)(c3ccccc3)C2)c([N+](=O)[O-])c1. The predicted molar refractivity (Wildman–Crippen MR) is 120 cm³/mol. The smallest absolute Gasteiger partial charge is 0.301 e. The lowest BCUT2D eigenvalue weighted by Crippen LogP contribution is -2.25. The Labute approximate surface area is 182 Å². The maximum atomic E-state index is 11.6. The highest BCUT2D eigenvalue weighted by Gasteiger charge is 2.40. The Morgan fingerprint density at radius 1 is 0.906 bits per heavy atom. The van der Waals surface area contributed by atoms with Crippen molar-refractivity contribution in [1.29, 1.82) is 0 Å². The number of anilines is 1. The number of nitro groups is 2. The molecule has 32 heavy (non-hydrogen) atoms. The third-order valence-electron chi connectivity index (χ3n) is 5.24. The van der Waals surface area contributed by atoms with E-state index < -0.39 is 21.1 Å². The Morgan fingerprint density at radius 2 is 1.56 bits per heavy atom. The van der Waals surface area contributed by atoms with Gasteiger partial charge < -0.3 is 5.11 Å². The number of non-ortho nitro benzene ring substituents is 1. The summed E-state index contributed by atoms with van der Waals surface area (Å²) in [6, 6.07) is 21.9. The van der Waals surface area contributed by atoms with Crippen molar-refractivity contribution in [2.24, 2.45) is 5.10 Å². The Kier molecular flexibility index (Phi) is 5.48. The topological polar surface area (TPSA) is 131 Å². The summed E-state index contributed by atoms with van der Waals surface area (Å²) in [5, 5.41) is 38.2. The number of benzene rings is 3. The summed E-state index contributed by atoms with van der Waals surface area (Å²) in [6.45, 7) is 0. The first kappa shape index (κ1) is 20.9. The number of nitro benzene ring substituents is 2. The molecule has 1 unspecified atom stereocenters. The van der Waals surface area contributed by atoms with Crippen LogP contribution < -0.4 is 5.43 Å². The molecule has 4 rings (SSSR count). The van der Waals surface area contributed by atoms with E-state index in [0.717, 1.165) is 17.7 Å². The van der Waals surface area contributed by atoms with Gasteiger partial charge in [0, 0.05) is 12.5 Å². The Hall–Kier alpha value is -4.37. The summed E-state index contributed by atoms with van der Waals surface area (Å²) < 4.78 is 0. The van der Waals surface area contributed by atoms with Crippen molar-refractivity contribution in [2.75, 3.05) is 5.43 Å². The molecule has 160 valence electrons. The van der Waals surface area contributed by atoms with E-state index in [4.69, 9.17) is 0 Å². The first-order chi connectivity index (χ1) is 15.4. The number of hydrogen-bond donors (Lipinski definition) is 2. The van der Waals surface area contributed by atoms with Gasteiger partial charge in [0.05, 0.1) is 21.6 Å². The van der Waals surface area contributed by atoms with Crippen molar-refractivity contribution in [3.8, 4) is 0 Å². The Balaban J connectivity index is 1.71. The second-order valence-corrected chi connectivity index (χ2v) is 7.26. The summed E-state index contributed by atoms with van der Waals surface area (Å²) in [6.07, 6.45) is 1.89. The van der Waals surface area contributed by atoms with Crippen LogP contribution in [0.2, 0.25) is 0 Å². The van der Waals surface area contributed by atoms with E-state index in [1.807, 2.05) is 60.7 Å². The van der Waals surface area contributed by atoms with Gasteiger partial charge in [-0.25, -0.2) is 0 Å². The molecule has 0 radical (unpaired) electrons. The Morgan fingerprint density at radius 3 is 2.19 bits per heavy atom. The van der Waals surface area contributed by atoms with Crippen LogP contribution in [0.4, 0.5) is 17.1 Å². The van der Waals surface area contributed by atoms with Crippen molar-refractivity contribution in [1.82, 2.24) is 0 Å². The van der Waals surface area contributed by atoms with E-state index in [1.165, 1.54) is 6.07 Å². The van der Waals surface area contributed by atoms with Gasteiger partial charge in [-0.05, 0) is 28.8 Å².